The van der Waals surface area contributed by atoms with Crippen LogP contribution in [0.25, 0.3) is 10.8 Å². The topological polar surface area (TPSA) is 112 Å². The van der Waals surface area contributed by atoms with Gasteiger partial charge in [-0.15, -0.1) is 21.5 Å². The molecule has 3 rings (SSSR count). The molecule has 0 radical (unpaired) electrons. The van der Waals surface area contributed by atoms with E-state index in [0.29, 0.717) is 23.3 Å². The smallest absolute Gasteiger partial charge is 0.260 e. The van der Waals surface area contributed by atoms with Crippen LogP contribution in [0.15, 0.2) is 40.1 Å². The number of rotatable bonds is 9. The SMILES string of the molecule is CCCN(Cc1nnc(-c2cccs2)o1)C(=O)COc1ccc(Cl)cc1C(N)=O. The molecule has 0 aliphatic carbocycles. The summed E-state index contributed by atoms with van der Waals surface area (Å²) in [7, 11) is 0. The minimum atomic E-state index is -0.688. The van der Waals surface area contributed by atoms with E-state index in [1.54, 1.807) is 11.0 Å². The number of halogens is 1. The third-order valence-electron chi connectivity index (χ3n) is 3.93. The second-order valence-electron chi connectivity index (χ2n) is 6.09. The van der Waals surface area contributed by atoms with Crippen molar-refractivity contribution in [2.45, 2.75) is 19.9 Å². The maximum absolute atomic E-state index is 12.7. The molecule has 0 saturated carbocycles. The van der Waals surface area contributed by atoms with Crippen molar-refractivity contribution in [2.24, 2.45) is 5.73 Å². The van der Waals surface area contributed by atoms with E-state index in [1.165, 1.54) is 23.5 Å². The van der Waals surface area contributed by atoms with Crippen LogP contribution in [0.5, 0.6) is 5.75 Å². The van der Waals surface area contributed by atoms with Crippen LogP contribution < -0.4 is 10.5 Å². The van der Waals surface area contributed by atoms with Crippen molar-refractivity contribution in [1.82, 2.24) is 15.1 Å². The number of carbonyl (C=O) groups excluding carboxylic acids is 2. The molecule has 2 N–H and O–H groups in total. The van der Waals surface area contributed by atoms with Crippen molar-refractivity contribution in [1.29, 1.82) is 0 Å². The van der Waals surface area contributed by atoms with Crippen molar-refractivity contribution >= 4 is 34.8 Å². The lowest BCUT2D eigenvalue weighted by molar-refractivity contribution is -0.134. The molecule has 0 atom stereocenters. The molecule has 0 fully saturated rings. The van der Waals surface area contributed by atoms with E-state index in [2.05, 4.69) is 10.2 Å². The van der Waals surface area contributed by atoms with Crippen molar-refractivity contribution in [3.8, 4) is 16.5 Å². The van der Waals surface area contributed by atoms with Gasteiger partial charge < -0.3 is 19.8 Å². The zero-order valence-electron chi connectivity index (χ0n) is 15.6. The van der Waals surface area contributed by atoms with Gasteiger partial charge in [-0.1, -0.05) is 24.6 Å². The Morgan fingerprint density at radius 1 is 1.31 bits per heavy atom. The van der Waals surface area contributed by atoms with Gasteiger partial charge in [0, 0.05) is 11.6 Å². The lowest BCUT2D eigenvalue weighted by Gasteiger charge is -2.20. The second kappa shape index (κ2) is 9.53. The Balaban J connectivity index is 1.66. The van der Waals surface area contributed by atoms with Crippen LogP contribution in [0.2, 0.25) is 5.02 Å². The molecule has 2 aromatic heterocycles. The van der Waals surface area contributed by atoms with Crippen LogP contribution in [-0.4, -0.2) is 40.1 Å². The van der Waals surface area contributed by atoms with E-state index in [9.17, 15) is 9.59 Å². The fourth-order valence-electron chi connectivity index (χ4n) is 2.59. The van der Waals surface area contributed by atoms with Crippen molar-refractivity contribution in [2.75, 3.05) is 13.2 Å². The average Bonchev–Trinajstić information content (AvgIpc) is 3.38. The Morgan fingerprint density at radius 3 is 2.83 bits per heavy atom. The van der Waals surface area contributed by atoms with Crippen LogP contribution in [0, 0.1) is 0 Å². The summed E-state index contributed by atoms with van der Waals surface area (Å²) in [6.45, 7) is 2.34. The summed E-state index contributed by atoms with van der Waals surface area (Å²) in [4.78, 5) is 26.6. The summed E-state index contributed by atoms with van der Waals surface area (Å²) >= 11 is 7.37. The number of aromatic nitrogens is 2. The first-order valence-corrected chi connectivity index (χ1v) is 10.1. The number of hydrogen-bond donors (Lipinski definition) is 1. The molecule has 2 amide bonds. The van der Waals surface area contributed by atoms with Gasteiger partial charge in [0.2, 0.25) is 5.89 Å². The normalized spacial score (nSPS) is 10.7. The Kier molecular flexibility index (Phi) is 6.84. The van der Waals surface area contributed by atoms with Gasteiger partial charge in [0.1, 0.15) is 5.75 Å². The lowest BCUT2D eigenvalue weighted by atomic mass is 10.2. The van der Waals surface area contributed by atoms with Crippen LogP contribution in [0.4, 0.5) is 0 Å². The van der Waals surface area contributed by atoms with Crippen LogP contribution in [-0.2, 0) is 11.3 Å². The number of nitrogens with two attached hydrogens (primary N) is 1. The largest absolute Gasteiger partial charge is 0.483 e. The number of thiophene rings is 1. The number of carbonyl (C=O) groups is 2. The molecular weight excluding hydrogens is 416 g/mol. The number of benzene rings is 1. The number of hydrogen-bond acceptors (Lipinski definition) is 7. The Bertz CT molecular complexity index is 990. The van der Waals surface area contributed by atoms with Crippen molar-refractivity contribution in [3.05, 3.63) is 52.2 Å². The first-order valence-electron chi connectivity index (χ1n) is 8.84. The fourth-order valence-corrected chi connectivity index (χ4v) is 3.41. The molecule has 0 spiro atoms. The fraction of sp³-hybridized carbons (Fsp3) is 0.263. The summed E-state index contributed by atoms with van der Waals surface area (Å²) in [5.41, 5.74) is 5.46. The van der Waals surface area contributed by atoms with Gasteiger partial charge in [-0.2, -0.15) is 0 Å². The predicted molar refractivity (Wildman–Crippen MR) is 109 cm³/mol. The zero-order chi connectivity index (χ0) is 20.8. The van der Waals surface area contributed by atoms with Crippen molar-refractivity contribution in [3.63, 3.8) is 0 Å². The average molecular weight is 435 g/mol. The molecular formula is C19H19ClN4O4S. The highest BCUT2D eigenvalue weighted by Crippen LogP contribution is 2.24. The summed E-state index contributed by atoms with van der Waals surface area (Å²) in [6, 6.07) is 8.24. The second-order valence-corrected chi connectivity index (χ2v) is 7.47. The molecule has 8 nitrogen and oxygen atoms in total. The summed E-state index contributed by atoms with van der Waals surface area (Å²) in [5.74, 6) is -0.0215. The monoisotopic (exact) mass is 434 g/mol. The standard InChI is InChI=1S/C19H19ClN4O4S/c1-2-7-24(10-16-22-23-19(28-16)15-4-3-8-29-15)17(25)11-27-14-6-5-12(20)9-13(14)18(21)26/h3-6,8-9H,2,7,10-11H2,1H3,(H2,21,26). The molecule has 0 aliphatic rings. The Morgan fingerprint density at radius 2 is 2.14 bits per heavy atom. The quantitative estimate of drug-likeness (QED) is 0.552. The Hall–Kier alpha value is -2.91. The molecule has 3 aromatic rings. The van der Waals surface area contributed by atoms with E-state index in [-0.39, 0.29) is 30.4 Å². The van der Waals surface area contributed by atoms with E-state index < -0.39 is 5.91 Å². The molecule has 0 saturated heterocycles. The lowest BCUT2D eigenvalue weighted by Crippen LogP contribution is -2.35. The first-order chi connectivity index (χ1) is 14.0. The van der Waals surface area contributed by atoms with E-state index >= 15 is 0 Å². The molecule has 2 heterocycles. The van der Waals surface area contributed by atoms with Gasteiger partial charge in [0.05, 0.1) is 17.0 Å². The third kappa shape index (κ3) is 5.33. The van der Waals surface area contributed by atoms with Gasteiger partial charge in [-0.05, 0) is 36.1 Å². The van der Waals surface area contributed by atoms with Gasteiger partial charge in [0.15, 0.2) is 6.61 Å². The minimum absolute atomic E-state index is 0.116. The number of amides is 2. The van der Waals surface area contributed by atoms with Gasteiger partial charge in [0.25, 0.3) is 17.7 Å². The van der Waals surface area contributed by atoms with Gasteiger partial charge >= 0.3 is 0 Å². The van der Waals surface area contributed by atoms with Crippen molar-refractivity contribution < 1.29 is 18.7 Å². The van der Waals surface area contributed by atoms with Crippen LogP contribution in [0.3, 0.4) is 0 Å². The Labute approximate surface area is 176 Å². The summed E-state index contributed by atoms with van der Waals surface area (Å²) < 4.78 is 11.2. The minimum Gasteiger partial charge on any atom is -0.483 e. The highest BCUT2D eigenvalue weighted by molar-refractivity contribution is 7.13. The molecule has 1 aromatic carbocycles. The molecule has 0 unspecified atom stereocenters. The highest BCUT2D eigenvalue weighted by Gasteiger charge is 2.19. The number of nitrogens with zero attached hydrogens (tertiary/aromatic N) is 3. The van der Waals surface area contributed by atoms with Gasteiger partial charge in [-0.3, -0.25) is 9.59 Å². The molecule has 0 aliphatic heterocycles. The molecule has 10 heteroatoms. The number of ether oxygens (including phenoxy) is 1. The van der Waals surface area contributed by atoms with Crippen LogP contribution >= 0.6 is 22.9 Å². The maximum Gasteiger partial charge on any atom is 0.260 e. The molecule has 29 heavy (non-hydrogen) atoms. The van der Waals surface area contributed by atoms with E-state index in [1.807, 2.05) is 24.4 Å². The van der Waals surface area contributed by atoms with Crippen LogP contribution in [0.1, 0.15) is 29.6 Å². The number of primary amides is 1. The van der Waals surface area contributed by atoms with Gasteiger partial charge in [-0.25, -0.2) is 0 Å². The maximum atomic E-state index is 12.7. The van der Waals surface area contributed by atoms with E-state index in [0.717, 1.165) is 11.3 Å². The summed E-state index contributed by atoms with van der Waals surface area (Å²) in [6.07, 6.45) is 0.741. The highest BCUT2D eigenvalue weighted by atomic mass is 35.5. The molecule has 152 valence electrons. The first kappa shape index (κ1) is 20.8. The summed E-state index contributed by atoms with van der Waals surface area (Å²) in [5, 5.41) is 10.3. The predicted octanol–water partition coefficient (Wildman–Crippen LogP) is 3.37. The zero-order valence-corrected chi connectivity index (χ0v) is 17.2. The molecule has 0 bridgehead atoms. The van der Waals surface area contributed by atoms with E-state index in [4.69, 9.17) is 26.5 Å². The third-order valence-corrected chi connectivity index (χ3v) is 5.02.